The third kappa shape index (κ3) is 5.25. The summed E-state index contributed by atoms with van der Waals surface area (Å²) in [4.78, 5) is 31.8. The number of guanidine groups is 1. The number of anilines is 1. The van der Waals surface area contributed by atoms with E-state index in [9.17, 15) is 4.79 Å². The molecule has 2 heterocycles. The van der Waals surface area contributed by atoms with Crippen LogP contribution in [-0.4, -0.2) is 78.0 Å². The van der Waals surface area contributed by atoms with Crippen molar-refractivity contribution in [2.45, 2.75) is 20.4 Å². The quantitative estimate of drug-likeness (QED) is 0.580. The van der Waals surface area contributed by atoms with E-state index in [1.807, 2.05) is 49.1 Å². The van der Waals surface area contributed by atoms with Crippen molar-refractivity contribution in [3.8, 4) is 0 Å². The number of carbonyl (C=O) groups excluding carboxylic acids is 1. The first kappa shape index (κ1) is 21.5. The molecule has 1 fully saturated rings. The summed E-state index contributed by atoms with van der Waals surface area (Å²) in [5, 5.41) is 3.43. The van der Waals surface area contributed by atoms with Crippen LogP contribution in [0.15, 0.2) is 47.7 Å². The number of hydrogen-bond acceptors (Lipinski definition) is 5. The molecule has 0 spiro atoms. The number of nitrogens with one attached hydrogen (secondary N) is 1. The summed E-state index contributed by atoms with van der Waals surface area (Å²) >= 11 is 0. The fraction of sp³-hybridized carbons (Fsp3) is 0.455. The number of aromatic nitrogens is 2. The molecule has 1 amide bonds. The van der Waals surface area contributed by atoms with Gasteiger partial charge in [-0.2, -0.15) is 0 Å². The van der Waals surface area contributed by atoms with Gasteiger partial charge in [-0.05, 0) is 37.6 Å². The normalized spacial score (nSPS) is 14.6. The molecule has 1 N–H and O–H groups in total. The number of benzene rings is 1. The summed E-state index contributed by atoms with van der Waals surface area (Å²) in [5.41, 5.74) is 1.84. The second kappa shape index (κ2) is 10.6. The Morgan fingerprint density at radius 2 is 1.70 bits per heavy atom. The second-order valence-electron chi connectivity index (χ2n) is 7.10. The fourth-order valence-corrected chi connectivity index (χ4v) is 3.54. The molecule has 1 saturated heterocycles. The van der Waals surface area contributed by atoms with Crippen LogP contribution in [0, 0.1) is 0 Å². The Balaban J connectivity index is 1.52. The van der Waals surface area contributed by atoms with Crippen LogP contribution in [0.1, 0.15) is 29.8 Å². The SMILES string of the molecule is CCN(CC)C(=O)c1ccc(CNC(=NC)N2CCN(c3ncccn3)CC2)cc1. The molecular formula is C22H31N7O. The van der Waals surface area contributed by atoms with E-state index in [2.05, 4.69) is 30.1 Å². The molecule has 0 saturated carbocycles. The molecule has 0 radical (unpaired) electrons. The highest BCUT2D eigenvalue weighted by Crippen LogP contribution is 2.11. The molecular weight excluding hydrogens is 378 g/mol. The van der Waals surface area contributed by atoms with Gasteiger partial charge in [0.05, 0.1) is 0 Å². The standard InChI is InChI=1S/C22H31N7O/c1-4-27(5-2)20(30)19-9-7-18(8-10-19)17-26-21(23-3)28-13-15-29(16-14-28)22-24-11-6-12-25-22/h6-12H,4-5,13-17H2,1-3H3,(H,23,26). The van der Waals surface area contributed by atoms with Crippen LogP contribution in [0.4, 0.5) is 5.95 Å². The maximum absolute atomic E-state index is 12.4. The van der Waals surface area contributed by atoms with Crippen molar-refractivity contribution in [3.05, 3.63) is 53.9 Å². The van der Waals surface area contributed by atoms with Crippen LogP contribution in [0.2, 0.25) is 0 Å². The van der Waals surface area contributed by atoms with Gasteiger partial charge in [0.2, 0.25) is 5.95 Å². The molecule has 0 atom stereocenters. The predicted octanol–water partition coefficient (Wildman–Crippen LogP) is 1.86. The van der Waals surface area contributed by atoms with Crippen LogP contribution in [0.25, 0.3) is 0 Å². The van der Waals surface area contributed by atoms with E-state index >= 15 is 0 Å². The summed E-state index contributed by atoms with van der Waals surface area (Å²) in [6, 6.07) is 9.64. The molecule has 8 heteroatoms. The van der Waals surface area contributed by atoms with Gasteiger partial charge in [0.25, 0.3) is 5.91 Å². The molecule has 1 aliphatic rings. The number of aliphatic imine (C=N–C) groups is 1. The number of rotatable bonds is 6. The van der Waals surface area contributed by atoms with Gasteiger partial charge < -0.3 is 20.0 Å². The maximum Gasteiger partial charge on any atom is 0.253 e. The van der Waals surface area contributed by atoms with E-state index in [-0.39, 0.29) is 5.91 Å². The minimum Gasteiger partial charge on any atom is -0.352 e. The van der Waals surface area contributed by atoms with E-state index in [0.29, 0.717) is 6.54 Å². The van der Waals surface area contributed by atoms with E-state index in [1.165, 1.54) is 0 Å². The van der Waals surface area contributed by atoms with Crippen LogP contribution in [0.3, 0.4) is 0 Å². The van der Waals surface area contributed by atoms with Crippen LogP contribution in [0.5, 0.6) is 0 Å². The Labute approximate surface area is 178 Å². The van der Waals surface area contributed by atoms with Gasteiger partial charge >= 0.3 is 0 Å². The molecule has 1 aromatic heterocycles. The maximum atomic E-state index is 12.4. The highest BCUT2D eigenvalue weighted by Gasteiger charge is 2.21. The lowest BCUT2D eigenvalue weighted by Gasteiger charge is -2.36. The first-order chi connectivity index (χ1) is 14.7. The summed E-state index contributed by atoms with van der Waals surface area (Å²) in [7, 11) is 1.81. The highest BCUT2D eigenvalue weighted by atomic mass is 16.2. The number of hydrogen-bond donors (Lipinski definition) is 1. The number of amides is 1. The summed E-state index contributed by atoms with van der Waals surface area (Å²) < 4.78 is 0. The Hall–Kier alpha value is -3.16. The van der Waals surface area contributed by atoms with Gasteiger partial charge in [-0.25, -0.2) is 9.97 Å². The molecule has 3 rings (SSSR count). The summed E-state index contributed by atoms with van der Waals surface area (Å²) in [6.07, 6.45) is 3.55. The monoisotopic (exact) mass is 409 g/mol. The Kier molecular flexibility index (Phi) is 7.59. The lowest BCUT2D eigenvalue weighted by atomic mass is 10.1. The molecule has 160 valence electrons. The van der Waals surface area contributed by atoms with Crippen molar-refractivity contribution >= 4 is 17.8 Å². The van der Waals surface area contributed by atoms with Crippen LogP contribution < -0.4 is 10.2 Å². The average Bonchev–Trinajstić information content (AvgIpc) is 2.81. The van der Waals surface area contributed by atoms with E-state index in [4.69, 9.17) is 0 Å². The lowest BCUT2D eigenvalue weighted by Crippen LogP contribution is -2.52. The van der Waals surface area contributed by atoms with E-state index < -0.39 is 0 Å². The van der Waals surface area contributed by atoms with Crippen molar-refractivity contribution in [1.29, 1.82) is 0 Å². The Bertz CT molecular complexity index is 826. The third-order valence-electron chi connectivity index (χ3n) is 5.33. The highest BCUT2D eigenvalue weighted by molar-refractivity contribution is 5.94. The van der Waals surface area contributed by atoms with Crippen molar-refractivity contribution in [2.24, 2.45) is 4.99 Å². The van der Waals surface area contributed by atoms with Crippen LogP contribution >= 0.6 is 0 Å². The summed E-state index contributed by atoms with van der Waals surface area (Å²) in [5.74, 6) is 1.74. The Morgan fingerprint density at radius 1 is 1.07 bits per heavy atom. The minimum atomic E-state index is 0.0792. The molecule has 2 aromatic rings. The van der Waals surface area contributed by atoms with Gasteiger partial charge in [0.1, 0.15) is 0 Å². The zero-order chi connectivity index (χ0) is 21.3. The molecule has 1 aliphatic heterocycles. The number of piperazine rings is 1. The first-order valence-corrected chi connectivity index (χ1v) is 10.5. The topological polar surface area (TPSA) is 77.0 Å². The smallest absolute Gasteiger partial charge is 0.253 e. The molecule has 0 bridgehead atoms. The van der Waals surface area contributed by atoms with Crippen molar-refractivity contribution in [2.75, 3.05) is 51.2 Å². The first-order valence-electron chi connectivity index (χ1n) is 10.5. The van der Waals surface area contributed by atoms with Gasteiger partial charge in [0, 0.05) is 70.8 Å². The molecule has 30 heavy (non-hydrogen) atoms. The lowest BCUT2D eigenvalue weighted by molar-refractivity contribution is 0.0773. The van der Waals surface area contributed by atoms with Gasteiger partial charge in [-0.1, -0.05) is 12.1 Å². The third-order valence-corrected chi connectivity index (χ3v) is 5.33. The second-order valence-corrected chi connectivity index (χ2v) is 7.10. The van der Waals surface area contributed by atoms with Crippen molar-refractivity contribution in [3.63, 3.8) is 0 Å². The molecule has 0 unspecified atom stereocenters. The zero-order valence-electron chi connectivity index (χ0n) is 18.1. The minimum absolute atomic E-state index is 0.0792. The van der Waals surface area contributed by atoms with E-state index in [0.717, 1.165) is 62.3 Å². The Morgan fingerprint density at radius 3 is 2.27 bits per heavy atom. The fourth-order valence-electron chi connectivity index (χ4n) is 3.54. The largest absolute Gasteiger partial charge is 0.352 e. The van der Waals surface area contributed by atoms with Crippen LogP contribution in [-0.2, 0) is 6.54 Å². The van der Waals surface area contributed by atoms with Gasteiger partial charge in [0.15, 0.2) is 5.96 Å². The number of carbonyl (C=O) groups is 1. The van der Waals surface area contributed by atoms with Crippen molar-refractivity contribution in [1.82, 2.24) is 25.1 Å². The molecule has 0 aliphatic carbocycles. The van der Waals surface area contributed by atoms with Gasteiger partial charge in [-0.3, -0.25) is 9.79 Å². The predicted molar refractivity (Wildman–Crippen MR) is 120 cm³/mol. The molecule has 8 nitrogen and oxygen atoms in total. The average molecular weight is 410 g/mol. The van der Waals surface area contributed by atoms with Crippen molar-refractivity contribution < 1.29 is 4.79 Å². The number of nitrogens with zero attached hydrogens (tertiary/aromatic N) is 6. The van der Waals surface area contributed by atoms with E-state index in [1.54, 1.807) is 19.4 Å². The zero-order valence-corrected chi connectivity index (χ0v) is 18.1. The van der Waals surface area contributed by atoms with Gasteiger partial charge in [-0.15, -0.1) is 0 Å². The molecule has 1 aromatic carbocycles. The summed E-state index contributed by atoms with van der Waals surface area (Å²) in [6.45, 7) is 9.52.